The molecule has 4 atom stereocenters. The minimum atomic E-state index is -0.883. The summed E-state index contributed by atoms with van der Waals surface area (Å²) in [5.41, 5.74) is 0. The number of hydrogen-bond donors (Lipinski definition) is 2. The van der Waals surface area contributed by atoms with Crippen molar-refractivity contribution in [3.05, 3.63) is 0 Å². The van der Waals surface area contributed by atoms with Crippen molar-refractivity contribution in [3.8, 4) is 0 Å². The van der Waals surface area contributed by atoms with Crippen LogP contribution >= 0.6 is 0 Å². The van der Waals surface area contributed by atoms with Gasteiger partial charge in [-0.25, -0.2) is 0 Å². The summed E-state index contributed by atoms with van der Waals surface area (Å²) in [6, 6.07) is 0. The van der Waals surface area contributed by atoms with Crippen LogP contribution in [0.3, 0.4) is 0 Å². The topological polar surface area (TPSA) is 76.0 Å². The fraction of sp³-hybridized carbons (Fsp3) is 0.857. The number of carbonyl (C=O) groups is 1. The highest BCUT2D eigenvalue weighted by Crippen LogP contribution is 2.31. The molecule has 0 bridgehead atoms. The largest absolute Gasteiger partial charge is 0.457 e. The van der Waals surface area contributed by atoms with Crippen molar-refractivity contribution in [2.45, 2.75) is 30.8 Å². The zero-order chi connectivity index (χ0) is 8.72. The van der Waals surface area contributed by atoms with E-state index in [1.165, 1.54) is 0 Å². The van der Waals surface area contributed by atoms with E-state index >= 15 is 0 Å². The molecule has 12 heavy (non-hydrogen) atoms. The summed E-state index contributed by atoms with van der Waals surface area (Å²) < 4.78 is 9.98. The number of hydrogen-bond acceptors (Lipinski definition) is 5. The monoisotopic (exact) mass is 174 g/mol. The first kappa shape index (κ1) is 7.97. The molecule has 2 aliphatic heterocycles. The lowest BCUT2D eigenvalue weighted by Gasteiger charge is -2.13. The lowest BCUT2D eigenvalue weighted by atomic mass is 10.1. The van der Waals surface area contributed by atoms with Crippen molar-refractivity contribution in [1.82, 2.24) is 0 Å². The van der Waals surface area contributed by atoms with E-state index in [1.807, 2.05) is 0 Å². The Morgan fingerprint density at radius 2 is 2.33 bits per heavy atom. The average molecular weight is 174 g/mol. The predicted molar refractivity (Wildman–Crippen MR) is 36.3 cm³/mol. The van der Waals surface area contributed by atoms with Crippen molar-refractivity contribution < 1.29 is 24.5 Å². The molecule has 2 saturated heterocycles. The van der Waals surface area contributed by atoms with Crippen molar-refractivity contribution in [3.63, 3.8) is 0 Å². The summed E-state index contributed by atoms with van der Waals surface area (Å²) >= 11 is 0. The van der Waals surface area contributed by atoms with Crippen LogP contribution in [0.4, 0.5) is 0 Å². The average Bonchev–Trinajstić information content (AvgIpc) is 2.51. The minimum Gasteiger partial charge on any atom is -0.457 e. The Morgan fingerprint density at radius 3 is 2.92 bits per heavy atom. The van der Waals surface area contributed by atoms with Crippen LogP contribution in [0.2, 0.25) is 0 Å². The Morgan fingerprint density at radius 1 is 1.58 bits per heavy atom. The molecule has 0 saturated carbocycles. The van der Waals surface area contributed by atoms with Gasteiger partial charge in [0.25, 0.3) is 0 Å². The summed E-state index contributed by atoms with van der Waals surface area (Å²) in [4.78, 5) is 10.7. The number of fused-ring (bicyclic) bond motifs is 1. The predicted octanol–water partition coefficient (Wildman–Crippen LogP) is -1.58. The minimum absolute atomic E-state index is 0.179. The van der Waals surface area contributed by atoms with Gasteiger partial charge in [0, 0.05) is 0 Å². The third-order valence-electron chi connectivity index (χ3n) is 2.25. The van der Waals surface area contributed by atoms with Crippen LogP contribution in [-0.2, 0) is 14.3 Å². The Bertz CT molecular complexity index is 204. The van der Waals surface area contributed by atoms with Crippen LogP contribution in [0.1, 0.15) is 6.42 Å². The van der Waals surface area contributed by atoms with Gasteiger partial charge in [0.05, 0.1) is 13.0 Å². The lowest BCUT2D eigenvalue weighted by Crippen LogP contribution is -2.33. The van der Waals surface area contributed by atoms with Crippen LogP contribution < -0.4 is 0 Å². The quantitative estimate of drug-likeness (QED) is 0.469. The van der Waals surface area contributed by atoms with E-state index in [-0.39, 0.29) is 25.1 Å². The normalized spacial score (nSPS) is 46.0. The Hall–Kier alpha value is -0.650. The molecule has 2 heterocycles. The summed E-state index contributed by atoms with van der Waals surface area (Å²) in [7, 11) is 0. The van der Waals surface area contributed by atoms with Crippen molar-refractivity contribution in [2.24, 2.45) is 0 Å². The van der Waals surface area contributed by atoms with Gasteiger partial charge in [0.15, 0.2) is 6.10 Å². The van der Waals surface area contributed by atoms with Gasteiger partial charge >= 0.3 is 5.97 Å². The molecule has 0 aromatic heterocycles. The number of aliphatic hydroxyl groups is 2. The van der Waals surface area contributed by atoms with Crippen LogP contribution in [-0.4, -0.2) is 47.2 Å². The fourth-order valence-electron chi connectivity index (χ4n) is 1.64. The fourth-order valence-corrected chi connectivity index (χ4v) is 1.64. The second-order valence-electron chi connectivity index (χ2n) is 3.04. The van der Waals surface area contributed by atoms with Crippen LogP contribution in [0.5, 0.6) is 0 Å². The summed E-state index contributed by atoms with van der Waals surface area (Å²) in [6.45, 7) is -0.244. The van der Waals surface area contributed by atoms with Gasteiger partial charge in [0.1, 0.15) is 18.3 Å². The van der Waals surface area contributed by atoms with E-state index in [9.17, 15) is 9.90 Å². The molecule has 68 valence electrons. The maximum Gasteiger partial charge on any atom is 0.309 e. The van der Waals surface area contributed by atoms with Crippen molar-refractivity contribution >= 4 is 5.97 Å². The van der Waals surface area contributed by atoms with Gasteiger partial charge in [-0.05, 0) is 0 Å². The maximum atomic E-state index is 10.7. The first-order chi connectivity index (χ1) is 5.72. The van der Waals surface area contributed by atoms with Gasteiger partial charge in [0.2, 0.25) is 0 Å². The molecule has 5 heteroatoms. The molecule has 2 aliphatic rings. The number of ether oxygens (including phenoxy) is 2. The molecular weight excluding hydrogens is 164 g/mol. The van der Waals surface area contributed by atoms with Gasteiger partial charge in [-0.1, -0.05) is 0 Å². The molecule has 2 N–H and O–H groups in total. The highest BCUT2D eigenvalue weighted by Gasteiger charge is 2.50. The van der Waals surface area contributed by atoms with E-state index in [4.69, 9.17) is 14.6 Å². The summed E-state index contributed by atoms with van der Waals surface area (Å²) in [6.07, 6.45) is -2.25. The number of carbonyl (C=O) groups excluding carboxylic acids is 1. The van der Waals surface area contributed by atoms with Crippen LogP contribution in [0, 0.1) is 0 Å². The first-order valence-electron chi connectivity index (χ1n) is 3.86. The van der Waals surface area contributed by atoms with E-state index in [2.05, 4.69) is 0 Å². The van der Waals surface area contributed by atoms with Gasteiger partial charge < -0.3 is 19.7 Å². The smallest absolute Gasteiger partial charge is 0.309 e. The van der Waals surface area contributed by atoms with Gasteiger partial charge in [-0.3, -0.25) is 4.79 Å². The first-order valence-corrected chi connectivity index (χ1v) is 3.86. The Balaban J connectivity index is 2.08. The van der Waals surface area contributed by atoms with E-state index in [0.717, 1.165) is 0 Å². The van der Waals surface area contributed by atoms with Crippen LogP contribution in [0.25, 0.3) is 0 Å². The Labute approximate surface area is 68.9 Å². The molecule has 5 nitrogen and oxygen atoms in total. The van der Waals surface area contributed by atoms with Crippen molar-refractivity contribution in [2.75, 3.05) is 6.61 Å². The molecule has 2 rings (SSSR count). The molecule has 0 aromatic rings. The number of aliphatic hydroxyl groups excluding tert-OH is 2. The molecule has 2 unspecified atom stereocenters. The summed E-state index contributed by atoms with van der Waals surface area (Å²) in [5, 5.41) is 18.1. The Kier molecular flexibility index (Phi) is 1.79. The summed E-state index contributed by atoms with van der Waals surface area (Å²) in [5.74, 6) is -0.347. The zero-order valence-corrected chi connectivity index (χ0v) is 6.34. The maximum absolute atomic E-state index is 10.7. The highest BCUT2D eigenvalue weighted by atomic mass is 16.6. The SMILES string of the molecule is O=C1CC2O[C@H](CO)[C@H](O)C2O1. The second-order valence-corrected chi connectivity index (χ2v) is 3.04. The molecule has 2 fully saturated rings. The standard InChI is InChI=1S/C7H10O5/c8-2-4-6(10)7-3(11-4)1-5(9)12-7/h3-4,6-8,10H,1-2H2/t3?,4-,6+,7?/m1/s1. The zero-order valence-electron chi connectivity index (χ0n) is 6.34. The van der Waals surface area contributed by atoms with Gasteiger partial charge in [-0.15, -0.1) is 0 Å². The molecule has 0 spiro atoms. The third kappa shape index (κ3) is 1.01. The lowest BCUT2D eigenvalue weighted by molar-refractivity contribution is -0.146. The van der Waals surface area contributed by atoms with Crippen LogP contribution in [0.15, 0.2) is 0 Å². The number of rotatable bonds is 1. The molecule has 0 radical (unpaired) electrons. The molecule has 0 aliphatic carbocycles. The number of esters is 1. The molecule has 0 aromatic carbocycles. The molecule has 0 amide bonds. The molecular formula is C7H10O5. The van der Waals surface area contributed by atoms with Crippen molar-refractivity contribution in [1.29, 1.82) is 0 Å². The highest BCUT2D eigenvalue weighted by molar-refractivity contribution is 5.72. The van der Waals surface area contributed by atoms with E-state index < -0.39 is 18.3 Å². The second kappa shape index (κ2) is 2.69. The van der Waals surface area contributed by atoms with E-state index in [0.29, 0.717) is 0 Å². The van der Waals surface area contributed by atoms with Gasteiger partial charge in [-0.2, -0.15) is 0 Å². The third-order valence-corrected chi connectivity index (χ3v) is 2.25. The van der Waals surface area contributed by atoms with E-state index in [1.54, 1.807) is 0 Å².